The van der Waals surface area contributed by atoms with Crippen LogP contribution in [0, 0.1) is 5.41 Å². The molecule has 0 amide bonds. The van der Waals surface area contributed by atoms with E-state index in [1.54, 1.807) is 0 Å². The van der Waals surface area contributed by atoms with Crippen LogP contribution < -0.4 is 5.32 Å². The molecule has 24 heavy (non-hydrogen) atoms. The highest BCUT2D eigenvalue weighted by Gasteiger charge is 2.28. The Balaban J connectivity index is 1.69. The highest BCUT2D eigenvalue weighted by molar-refractivity contribution is 5.96. The molecule has 2 nitrogen and oxygen atoms in total. The van der Waals surface area contributed by atoms with E-state index in [-0.39, 0.29) is 5.41 Å². The molecule has 0 bridgehead atoms. The lowest BCUT2D eigenvalue weighted by molar-refractivity contribution is -0.626. The fourth-order valence-electron chi connectivity index (χ4n) is 3.29. The molecule has 0 saturated heterocycles. The van der Waals surface area contributed by atoms with Crippen molar-refractivity contribution in [2.45, 2.75) is 39.8 Å². The second-order valence-corrected chi connectivity index (χ2v) is 7.42. The smallest absolute Gasteiger partial charge is 0.108 e. The Bertz CT molecular complexity index is 712. The molecule has 0 spiro atoms. The molecular formula is C22H27N2+. The summed E-state index contributed by atoms with van der Waals surface area (Å²) in [6.07, 6.45) is 4.49. The molecule has 0 fully saturated rings. The van der Waals surface area contributed by atoms with Crippen LogP contribution in [0.15, 0.2) is 77.4 Å². The Kier molecular flexibility index (Phi) is 5.27. The van der Waals surface area contributed by atoms with Crippen molar-refractivity contribution in [3.05, 3.63) is 83.6 Å². The first-order valence-corrected chi connectivity index (χ1v) is 8.76. The van der Waals surface area contributed by atoms with Crippen molar-refractivity contribution in [2.75, 3.05) is 0 Å². The molecule has 124 valence electrons. The summed E-state index contributed by atoms with van der Waals surface area (Å²) in [6, 6.07) is 21.2. The van der Waals surface area contributed by atoms with Crippen LogP contribution in [0.25, 0.3) is 0 Å². The predicted octanol–water partition coefficient (Wildman–Crippen LogP) is 4.10. The minimum atomic E-state index is 0.285. The normalized spacial score (nSPS) is 18.4. The summed E-state index contributed by atoms with van der Waals surface area (Å²) in [5.41, 5.74) is 5.57. The van der Waals surface area contributed by atoms with Gasteiger partial charge in [-0.25, -0.2) is 0 Å². The number of nitrogens with zero attached hydrogens (tertiary/aromatic N) is 1. The topological polar surface area (TPSA) is 29.0 Å². The van der Waals surface area contributed by atoms with Gasteiger partial charge in [0.1, 0.15) is 12.2 Å². The molecule has 2 aromatic carbocycles. The van der Waals surface area contributed by atoms with Gasteiger partial charge in [-0.05, 0) is 17.4 Å². The van der Waals surface area contributed by atoms with Gasteiger partial charge < -0.3 is 5.32 Å². The first-order chi connectivity index (χ1) is 11.6. The van der Waals surface area contributed by atoms with Gasteiger partial charge in [0.2, 0.25) is 0 Å². The van der Waals surface area contributed by atoms with Crippen molar-refractivity contribution in [1.82, 2.24) is 0 Å². The Hall–Kier alpha value is -2.19. The quantitative estimate of drug-likeness (QED) is 0.860. The van der Waals surface area contributed by atoms with Crippen LogP contribution in [-0.2, 0) is 13.1 Å². The van der Waals surface area contributed by atoms with Crippen molar-refractivity contribution in [2.24, 2.45) is 10.4 Å². The summed E-state index contributed by atoms with van der Waals surface area (Å²) in [5.74, 6) is 0. The lowest BCUT2D eigenvalue weighted by atomic mass is 9.78. The van der Waals surface area contributed by atoms with Gasteiger partial charge in [-0.1, -0.05) is 74.5 Å². The zero-order chi connectivity index (χ0) is 16.8. The van der Waals surface area contributed by atoms with E-state index in [9.17, 15) is 0 Å². The Morgan fingerprint density at radius 1 is 0.875 bits per heavy atom. The van der Waals surface area contributed by atoms with Crippen LogP contribution in [0.4, 0.5) is 0 Å². The molecule has 2 aromatic rings. The SMILES string of the molecule is CC1(C)CC([NH2+]Cc2ccccc2)=CC(=NCc2ccccc2)C1. The largest absolute Gasteiger partial charge is 0.314 e. The zero-order valence-corrected chi connectivity index (χ0v) is 14.7. The van der Waals surface area contributed by atoms with E-state index in [0.29, 0.717) is 0 Å². The number of nitrogens with two attached hydrogens (primary N) is 1. The maximum Gasteiger partial charge on any atom is 0.108 e. The lowest BCUT2D eigenvalue weighted by Crippen LogP contribution is -2.81. The minimum Gasteiger partial charge on any atom is -0.314 e. The van der Waals surface area contributed by atoms with Crippen molar-refractivity contribution in [3.8, 4) is 0 Å². The van der Waals surface area contributed by atoms with E-state index in [2.05, 4.69) is 85.9 Å². The standard InChI is InChI=1S/C22H26N2/c1-22(2)14-20(23-16-18-9-5-3-6-10-18)13-21(15-22)24-17-19-11-7-4-8-12-19/h3-13,23H,14-17H2,1-2H3/p+1. The van der Waals surface area contributed by atoms with Crippen LogP contribution in [0.5, 0.6) is 0 Å². The van der Waals surface area contributed by atoms with E-state index in [1.165, 1.54) is 22.5 Å². The molecule has 0 aromatic heterocycles. The van der Waals surface area contributed by atoms with Gasteiger partial charge in [0, 0.05) is 23.8 Å². The number of aliphatic imine (C=N–C) groups is 1. The Morgan fingerprint density at radius 2 is 1.50 bits per heavy atom. The summed E-state index contributed by atoms with van der Waals surface area (Å²) in [4.78, 5) is 4.87. The second-order valence-electron chi connectivity index (χ2n) is 7.42. The summed E-state index contributed by atoms with van der Waals surface area (Å²) >= 11 is 0. The first kappa shape index (κ1) is 16.7. The van der Waals surface area contributed by atoms with Crippen LogP contribution in [0.2, 0.25) is 0 Å². The third kappa shape index (κ3) is 4.90. The molecule has 0 atom stereocenters. The van der Waals surface area contributed by atoms with Crippen LogP contribution in [0.1, 0.15) is 37.8 Å². The van der Waals surface area contributed by atoms with Crippen molar-refractivity contribution in [3.63, 3.8) is 0 Å². The fraction of sp³-hybridized carbons (Fsp3) is 0.318. The summed E-state index contributed by atoms with van der Waals surface area (Å²) in [7, 11) is 0. The lowest BCUT2D eigenvalue weighted by Gasteiger charge is -2.29. The van der Waals surface area contributed by atoms with Gasteiger partial charge in [0.15, 0.2) is 0 Å². The molecule has 0 radical (unpaired) electrons. The Labute approximate surface area is 145 Å². The highest BCUT2D eigenvalue weighted by Crippen LogP contribution is 2.32. The number of rotatable bonds is 5. The van der Waals surface area contributed by atoms with Gasteiger partial charge in [0.25, 0.3) is 0 Å². The van der Waals surface area contributed by atoms with Crippen molar-refractivity contribution in [1.29, 1.82) is 0 Å². The molecular weight excluding hydrogens is 292 g/mol. The van der Waals surface area contributed by atoms with E-state index >= 15 is 0 Å². The molecule has 3 rings (SSSR count). The molecule has 0 saturated carbocycles. The van der Waals surface area contributed by atoms with Gasteiger partial charge in [0.05, 0.1) is 6.54 Å². The maximum atomic E-state index is 4.87. The van der Waals surface area contributed by atoms with Gasteiger partial charge in [-0.15, -0.1) is 0 Å². The molecule has 0 heterocycles. The zero-order valence-electron chi connectivity index (χ0n) is 14.7. The summed E-state index contributed by atoms with van der Waals surface area (Å²) < 4.78 is 0. The van der Waals surface area contributed by atoms with Gasteiger partial charge >= 0.3 is 0 Å². The predicted molar refractivity (Wildman–Crippen MR) is 101 cm³/mol. The molecule has 1 aliphatic rings. The Morgan fingerprint density at radius 3 is 2.17 bits per heavy atom. The van der Waals surface area contributed by atoms with Crippen LogP contribution in [0.3, 0.4) is 0 Å². The molecule has 1 aliphatic carbocycles. The summed E-state index contributed by atoms with van der Waals surface area (Å²) in [5, 5.41) is 2.37. The summed E-state index contributed by atoms with van der Waals surface area (Å²) in [6.45, 7) is 6.45. The molecule has 0 unspecified atom stereocenters. The molecule has 2 N–H and O–H groups in total. The third-order valence-corrected chi connectivity index (χ3v) is 4.44. The second kappa shape index (κ2) is 7.59. The number of hydrogen-bond acceptors (Lipinski definition) is 1. The van der Waals surface area contributed by atoms with Crippen LogP contribution >= 0.6 is 0 Å². The fourth-order valence-corrected chi connectivity index (χ4v) is 3.29. The van der Waals surface area contributed by atoms with E-state index in [1.807, 2.05) is 0 Å². The minimum absolute atomic E-state index is 0.285. The average molecular weight is 319 g/mol. The number of benzene rings is 2. The number of allylic oxidation sites excluding steroid dienone is 2. The average Bonchev–Trinajstić information content (AvgIpc) is 2.59. The van der Waals surface area contributed by atoms with E-state index in [0.717, 1.165) is 25.9 Å². The number of hydrogen-bond donors (Lipinski definition) is 1. The van der Waals surface area contributed by atoms with E-state index in [4.69, 9.17) is 4.99 Å². The van der Waals surface area contributed by atoms with Gasteiger partial charge in [-0.2, -0.15) is 0 Å². The maximum absolute atomic E-state index is 4.87. The van der Waals surface area contributed by atoms with Gasteiger partial charge in [-0.3, -0.25) is 4.99 Å². The highest BCUT2D eigenvalue weighted by atomic mass is 14.9. The molecule has 0 aliphatic heterocycles. The monoisotopic (exact) mass is 319 g/mol. The third-order valence-electron chi connectivity index (χ3n) is 4.44. The van der Waals surface area contributed by atoms with Crippen molar-refractivity contribution >= 4 is 5.71 Å². The van der Waals surface area contributed by atoms with Crippen LogP contribution in [-0.4, -0.2) is 5.71 Å². The van der Waals surface area contributed by atoms with Crippen molar-refractivity contribution < 1.29 is 5.32 Å². The molecule has 2 heteroatoms. The first-order valence-electron chi connectivity index (χ1n) is 8.76. The van der Waals surface area contributed by atoms with E-state index < -0.39 is 0 Å². The number of quaternary nitrogens is 1.